The summed E-state index contributed by atoms with van der Waals surface area (Å²) < 4.78 is 21.3. The Balaban J connectivity index is 1.67. The maximum Gasteiger partial charge on any atom is 0.407 e. The Morgan fingerprint density at radius 1 is 1.18 bits per heavy atom. The van der Waals surface area contributed by atoms with Crippen molar-refractivity contribution in [2.45, 2.75) is 32.1 Å². The SMILES string of the molecule is CSCc1c(C(=O)N(CC(C)C)[C@H]2C[C@@H](C(=O)N3CCOCC3)CN(C(=O)O)C2)nnn1-c1ccccc1F. The van der Waals surface area contributed by atoms with Gasteiger partial charge in [-0.15, -0.1) is 5.10 Å². The molecular formula is C26H35FN6O5S. The lowest BCUT2D eigenvalue weighted by Crippen LogP contribution is -2.58. The molecule has 0 unspecified atom stereocenters. The van der Waals surface area contributed by atoms with E-state index in [4.69, 9.17) is 4.74 Å². The number of hydrogen-bond acceptors (Lipinski definition) is 7. The lowest BCUT2D eigenvalue weighted by Gasteiger charge is -2.43. The first-order valence-electron chi connectivity index (χ1n) is 13.0. The van der Waals surface area contributed by atoms with Gasteiger partial charge in [-0.25, -0.2) is 13.9 Å². The summed E-state index contributed by atoms with van der Waals surface area (Å²) in [4.78, 5) is 44.1. The monoisotopic (exact) mass is 562 g/mol. The largest absolute Gasteiger partial charge is 0.465 e. The van der Waals surface area contributed by atoms with Gasteiger partial charge in [0.15, 0.2) is 5.69 Å². The Hall–Kier alpha value is -3.19. The maximum atomic E-state index is 14.6. The van der Waals surface area contributed by atoms with Gasteiger partial charge in [0.2, 0.25) is 5.91 Å². The van der Waals surface area contributed by atoms with Crippen LogP contribution in [-0.2, 0) is 15.3 Å². The zero-order valence-electron chi connectivity index (χ0n) is 22.5. The lowest BCUT2D eigenvalue weighted by molar-refractivity contribution is -0.142. The molecule has 2 atom stereocenters. The molecule has 2 fully saturated rings. The van der Waals surface area contributed by atoms with Gasteiger partial charge in [0.05, 0.1) is 30.9 Å². The number of morpholine rings is 1. The van der Waals surface area contributed by atoms with Crippen LogP contribution in [0.4, 0.5) is 9.18 Å². The second-order valence-electron chi connectivity index (χ2n) is 10.2. The first-order chi connectivity index (χ1) is 18.7. The quantitative estimate of drug-likeness (QED) is 0.521. The van der Waals surface area contributed by atoms with Crippen molar-refractivity contribution in [3.8, 4) is 5.69 Å². The number of para-hydroxylation sites is 1. The fourth-order valence-corrected chi connectivity index (χ4v) is 5.69. The van der Waals surface area contributed by atoms with Gasteiger partial charge in [0.1, 0.15) is 11.5 Å². The van der Waals surface area contributed by atoms with E-state index < -0.39 is 29.8 Å². The third-order valence-corrected chi connectivity index (χ3v) is 7.52. The molecule has 0 radical (unpaired) electrons. The van der Waals surface area contributed by atoms with Crippen molar-refractivity contribution >= 4 is 29.7 Å². The van der Waals surface area contributed by atoms with Gasteiger partial charge in [0.25, 0.3) is 5.91 Å². The van der Waals surface area contributed by atoms with Crippen LogP contribution >= 0.6 is 11.8 Å². The van der Waals surface area contributed by atoms with Crippen molar-refractivity contribution in [1.82, 2.24) is 29.7 Å². The summed E-state index contributed by atoms with van der Waals surface area (Å²) in [5.74, 6) is -1.18. The van der Waals surface area contributed by atoms with Crippen LogP contribution in [0.15, 0.2) is 24.3 Å². The Morgan fingerprint density at radius 2 is 1.90 bits per heavy atom. The van der Waals surface area contributed by atoms with Crippen molar-refractivity contribution in [1.29, 1.82) is 0 Å². The van der Waals surface area contributed by atoms with Gasteiger partial charge < -0.3 is 24.5 Å². The van der Waals surface area contributed by atoms with Crippen LogP contribution < -0.4 is 0 Å². The number of amides is 3. The first-order valence-corrected chi connectivity index (χ1v) is 14.4. The molecule has 1 N–H and O–H groups in total. The second kappa shape index (κ2) is 12.8. The van der Waals surface area contributed by atoms with Crippen LogP contribution in [0.2, 0.25) is 0 Å². The summed E-state index contributed by atoms with van der Waals surface area (Å²) in [6.07, 6.45) is 1.06. The molecule has 13 heteroatoms. The number of aromatic nitrogens is 3. The molecule has 1 aromatic heterocycles. The van der Waals surface area contributed by atoms with Crippen LogP contribution in [0.1, 0.15) is 36.5 Å². The maximum absolute atomic E-state index is 14.6. The predicted molar refractivity (Wildman–Crippen MR) is 143 cm³/mol. The Bertz CT molecular complexity index is 1190. The standard InChI is InChI=1S/C26H35FN6O5S/c1-17(2)13-32(19-12-18(14-31(15-19)26(36)37)24(34)30-8-10-38-11-9-30)25(35)23-22(16-39-3)33(29-28-23)21-7-5-4-6-20(21)27/h4-7,17-19H,8-16H2,1-3H3,(H,36,37)/t18-,19+/m1/s1. The number of ether oxygens (including phenoxy) is 1. The molecule has 11 nitrogen and oxygen atoms in total. The summed E-state index contributed by atoms with van der Waals surface area (Å²) in [5.41, 5.74) is 0.740. The van der Waals surface area contributed by atoms with Crippen molar-refractivity contribution in [3.05, 3.63) is 41.5 Å². The van der Waals surface area contributed by atoms with E-state index in [2.05, 4.69) is 10.3 Å². The molecule has 2 saturated heterocycles. The summed E-state index contributed by atoms with van der Waals surface area (Å²) in [7, 11) is 0. The van der Waals surface area contributed by atoms with Crippen molar-refractivity contribution in [3.63, 3.8) is 0 Å². The molecule has 0 saturated carbocycles. The van der Waals surface area contributed by atoms with Gasteiger partial charge in [-0.3, -0.25) is 9.59 Å². The average molecular weight is 563 g/mol. The van der Waals surface area contributed by atoms with Crippen LogP contribution in [0.5, 0.6) is 0 Å². The van der Waals surface area contributed by atoms with E-state index in [-0.39, 0.29) is 36.3 Å². The van der Waals surface area contributed by atoms with Gasteiger partial charge in [0, 0.05) is 38.5 Å². The van der Waals surface area contributed by atoms with E-state index in [1.54, 1.807) is 28.0 Å². The molecule has 0 bridgehead atoms. The highest BCUT2D eigenvalue weighted by Gasteiger charge is 2.41. The van der Waals surface area contributed by atoms with E-state index in [1.165, 1.54) is 27.4 Å². The van der Waals surface area contributed by atoms with Crippen LogP contribution in [0, 0.1) is 17.7 Å². The third-order valence-electron chi connectivity index (χ3n) is 6.96. The molecule has 0 spiro atoms. The fraction of sp³-hybridized carbons (Fsp3) is 0.577. The molecule has 2 aliphatic rings. The minimum absolute atomic E-state index is 0.0631. The zero-order valence-corrected chi connectivity index (χ0v) is 23.3. The van der Waals surface area contributed by atoms with E-state index in [0.29, 0.717) is 50.7 Å². The number of halogens is 1. The lowest BCUT2D eigenvalue weighted by atomic mass is 9.91. The van der Waals surface area contributed by atoms with Crippen molar-refractivity contribution in [2.24, 2.45) is 11.8 Å². The molecule has 3 heterocycles. The molecule has 212 valence electrons. The Kier molecular flexibility index (Phi) is 9.44. The molecule has 0 aliphatic carbocycles. The Morgan fingerprint density at radius 3 is 2.54 bits per heavy atom. The molecule has 39 heavy (non-hydrogen) atoms. The zero-order chi connectivity index (χ0) is 28.1. The number of hydrogen-bond donors (Lipinski definition) is 1. The second-order valence-corrected chi connectivity index (χ2v) is 11.1. The average Bonchev–Trinajstić information content (AvgIpc) is 3.34. The Labute approximate surface area is 231 Å². The summed E-state index contributed by atoms with van der Waals surface area (Å²) in [6, 6.07) is 5.61. The summed E-state index contributed by atoms with van der Waals surface area (Å²) in [5, 5.41) is 18.2. The van der Waals surface area contributed by atoms with Gasteiger partial charge in [-0.2, -0.15) is 11.8 Å². The number of rotatable bonds is 8. The molecule has 2 aromatic rings. The number of carbonyl (C=O) groups excluding carboxylic acids is 2. The third kappa shape index (κ3) is 6.52. The minimum Gasteiger partial charge on any atom is -0.465 e. The van der Waals surface area contributed by atoms with Gasteiger partial charge in [-0.1, -0.05) is 31.2 Å². The molecule has 3 amide bonds. The number of benzene rings is 1. The highest BCUT2D eigenvalue weighted by atomic mass is 32.2. The van der Waals surface area contributed by atoms with Crippen molar-refractivity contribution < 1.29 is 28.6 Å². The van der Waals surface area contributed by atoms with E-state index >= 15 is 0 Å². The summed E-state index contributed by atoms with van der Waals surface area (Å²) in [6.45, 7) is 6.23. The van der Waals surface area contributed by atoms with Crippen LogP contribution in [-0.4, -0.2) is 111 Å². The number of likely N-dealkylation sites (tertiary alicyclic amines) is 1. The highest BCUT2D eigenvalue weighted by molar-refractivity contribution is 7.97. The van der Waals surface area contributed by atoms with Gasteiger partial charge >= 0.3 is 6.09 Å². The molecule has 4 rings (SSSR count). The van der Waals surface area contributed by atoms with E-state index in [1.807, 2.05) is 20.1 Å². The van der Waals surface area contributed by atoms with E-state index in [0.717, 1.165) is 0 Å². The predicted octanol–water partition coefficient (Wildman–Crippen LogP) is 2.59. The number of thioether (sulfide) groups is 1. The van der Waals surface area contributed by atoms with Crippen molar-refractivity contribution in [2.75, 3.05) is 52.2 Å². The van der Waals surface area contributed by atoms with Crippen LogP contribution in [0.25, 0.3) is 5.69 Å². The normalized spacial score (nSPS) is 19.8. The highest BCUT2D eigenvalue weighted by Crippen LogP contribution is 2.27. The molecular weight excluding hydrogens is 527 g/mol. The molecule has 1 aromatic carbocycles. The first kappa shape index (κ1) is 28.8. The van der Waals surface area contributed by atoms with Crippen LogP contribution in [0.3, 0.4) is 0 Å². The van der Waals surface area contributed by atoms with Gasteiger partial charge in [-0.05, 0) is 30.7 Å². The fourth-order valence-electron chi connectivity index (χ4n) is 5.15. The molecule has 2 aliphatic heterocycles. The number of carbonyl (C=O) groups is 3. The minimum atomic E-state index is -1.13. The topological polar surface area (TPSA) is 121 Å². The number of carboxylic acid groups (broad SMARTS) is 1. The summed E-state index contributed by atoms with van der Waals surface area (Å²) >= 11 is 1.45. The number of piperidine rings is 1. The number of nitrogens with zero attached hydrogens (tertiary/aromatic N) is 6. The smallest absolute Gasteiger partial charge is 0.407 e. The van der Waals surface area contributed by atoms with E-state index in [9.17, 15) is 23.9 Å².